The number of alkyl halides is 1. The van der Waals surface area contributed by atoms with Gasteiger partial charge in [0.15, 0.2) is 0 Å². The number of nitrogens with zero attached hydrogens (tertiary/aromatic N) is 1. The molecule has 0 spiro atoms. The van der Waals surface area contributed by atoms with E-state index in [2.05, 4.69) is 0 Å². The van der Waals surface area contributed by atoms with Crippen LogP contribution in [0.1, 0.15) is 39.7 Å². The molecule has 0 aliphatic carbocycles. The smallest absolute Gasteiger partial charge is 0.411 e. The maximum absolute atomic E-state index is 13.9. The monoisotopic (exact) mass is 337 g/mol. The van der Waals surface area contributed by atoms with Crippen LogP contribution in [0.4, 0.5) is 9.18 Å². The van der Waals surface area contributed by atoms with Crippen molar-refractivity contribution in [3.8, 4) is 0 Å². The van der Waals surface area contributed by atoms with Gasteiger partial charge in [0.2, 0.25) is 0 Å². The molecule has 0 radical (unpaired) electrons. The molecule has 1 amide bonds. The molecule has 1 aromatic carbocycles. The lowest BCUT2D eigenvalue weighted by molar-refractivity contribution is -0.156. The molecular weight excluding hydrogens is 313 g/mol. The molecule has 2 atom stereocenters. The van der Waals surface area contributed by atoms with Crippen LogP contribution in [0.3, 0.4) is 0 Å². The first-order valence-electron chi connectivity index (χ1n) is 7.98. The molecule has 0 unspecified atom stereocenters. The minimum absolute atomic E-state index is 0.0778. The van der Waals surface area contributed by atoms with E-state index in [4.69, 9.17) is 9.47 Å². The van der Waals surface area contributed by atoms with Crippen LogP contribution >= 0.6 is 0 Å². The van der Waals surface area contributed by atoms with Crippen molar-refractivity contribution in [3.63, 3.8) is 0 Å². The summed E-state index contributed by atoms with van der Waals surface area (Å²) in [4.78, 5) is 26.0. The highest BCUT2D eigenvalue weighted by Crippen LogP contribution is 2.33. The summed E-state index contributed by atoms with van der Waals surface area (Å²) in [5, 5.41) is 0. The van der Waals surface area contributed by atoms with E-state index in [1.165, 1.54) is 6.92 Å². The molecule has 1 aromatic rings. The SMILES string of the molecule is CC(C)(C)OC(=O)N1C[C@@H](F)C[C@@]1(C)C(=O)OCc1ccccc1. The van der Waals surface area contributed by atoms with E-state index in [9.17, 15) is 14.0 Å². The summed E-state index contributed by atoms with van der Waals surface area (Å²) in [5.41, 5.74) is -1.26. The van der Waals surface area contributed by atoms with Crippen LogP contribution in [0.25, 0.3) is 0 Å². The Morgan fingerprint density at radius 1 is 1.29 bits per heavy atom. The Hall–Kier alpha value is -2.11. The first-order valence-corrected chi connectivity index (χ1v) is 7.98. The zero-order chi connectivity index (χ0) is 18.0. The molecule has 24 heavy (non-hydrogen) atoms. The molecule has 1 saturated heterocycles. The van der Waals surface area contributed by atoms with Gasteiger partial charge >= 0.3 is 12.1 Å². The van der Waals surface area contributed by atoms with Crippen molar-refractivity contribution in [2.75, 3.05) is 6.54 Å². The van der Waals surface area contributed by atoms with Gasteiger partial charge < -0.3 is 9.47 Å². The Bertz CT molecular complexity index is 599. The van der Waals surface area contributed by atoms with Gasteiger partial charge in [-0.25, -0.2) is 14.0 Å². The largest absolute Gasteiger partial charge is 0.459 e. The summed E-state index contributed by atoms with van der Waals surface area (Å²) in [6.07, 6.45) is -2.09. The third kappa shape index (κ3) is 4.24. The fourth-order valence-electron chi connectivity index (χ4n) is 2.67. The fraction of sp³-hybridized carbons (Fsp3) is 0.556. The lowest BCUT2D eigenvalue weighted by Crippen LogP contribution is -2.52. The van der Waals surface area contributed by atoms with Crippen LogP contribution in [0.15, 0.2) is 30.3 Å². The third-order valence-corrected chi connectivity index (χ3v) is 3.86. The number of carbonyl (C=O) groups is 2. The van der Waals surface area contributed by atoms with Crippen molar-refractivity contribution in [2.24, 2.45) is 0 Å². The predicted octanol–water partition coefficient (Wildman–Crippen LogP) is 3.47. The van der Waals surface area contributed by atoms with Crippen LogP contribution in [0.2, 0.25) is 0 Å². The van der Waals surface area contributed by atoms with E-state index < -0.39 is 29.4 Å². The van der Waals surface area contributed by atoms with E-state index in [0.717, 1.165) is 10.5 Å². The second-order valence-corrected chi connectivity index (χ2v) is 7.23. The van der Waals surface area contributed by atoms with E-state index in [1.54, 1.807) is 20.8 Å². The second-order valence-electron chi connectivity index (χ2n) is 7.23. The van der Waals surface area contributed by atoms with Gasteiger partial charge in [-0.05, 0) is 33.3 Å². The highest BCUT2D eigenvalue weighted by molar-refractivity contribution is 5.86. The zero-order valence-corrected chi connectivity index (χ0v) is 14.5. The summed E-state index contributed by atoms with van der Waals surface area (Å²) in [6, 6.07) is 9.19. The number of benzene rings is 1. The van der Waals surface area contributed by atoms with Crippen molar-refractivity contribution in [3.05, 3.63) is 35.9 Å². The van der Waals surface area contributed by atoms with Gasteiger partial charge in [0, 0.05) is 6.42 Å². The van der Waals surface area contributed by atoms with Gasteiger partial charge in [-0.2, -0.15) is 0 Å². The molecule has 1 aliphatic heterocycles. The summed E-state index contributed by atoms with van der Waals surface area (Å²) >= 11 is 0. The number of carbonyl (C=O) groups excluding carboxylic acids is 2. The van der Waals surface area contributed by atoms with E-state index in [0.29, 0.717) is 0 Å². The number of rotatable bonds is 3. The predicted molar refractivity (Wildman–Crippen MR) is 87.1 cm³/mol. The molecular formula is C18H24FNO4. The summed E-state index contributed by atoms with van der Waals surface area (Å²) in [5.74, 6) is -0.627. The first kappa shape index (κ1) is 18.2. The van der Waals surface area contributed by atoms with Crippen LogP contribution in [-0.4, -0.2) is 40.8 Å². The van der Waals surface area contributed by atoms with E-state index in [1.807, 2.05) is 30.3 Å². The quantitative estimate of drug-likeness (QED) is 0.793. The number of ether oxygens (including phenoxy) is 2. The number of halogens is 1. The zero-order valence-electron chi connectivity index (χ0n) is 14.5. The Morgan fingerprint density at radius 2 is 1.92 bits per heavy atom. The molecule has 1 aliphatic rings. The van der Waals surface area contributed by atoms with Crippen molar-refractivity contribution in [2.45, 2.75) is 58.0 Å². The minimum Gasteiger partial charge on any atom is -0.459 e. The van der Waals surface area contributed by atoms with Crippen LogP contribution in [0.5, 0.6) is 0 Å². The van der Waals surface area contributed by atoms with E-state index in [-0.39, 0.29) is 19.6 Å². The lowest BCUT2D eigenvalue weighted by Gasteiger charge is -2.33. The molecule has 0 saturated carbocycles. The van der Waals surface area contributed by atoms with Gasteiger partial charge in [0.05, 0.1) is 6.54 Å². The molecule has 5 nitrogen and oxygen atoms in total. The minimum atomic E-state index is -1.36. The molecule has 0 bridgehead atoms. The fourth-order valence-corrected chi connectivity index (χ4v) is 2.67. The van der Waals surface area contributed by atoms with Crippen molar-refractivity contribution in [1.29, 1.82) is 0 Å². The van der Waals surface area contributed by atoms with Gasteiger partial charge in [0.25, 0.3) is 0 Å². The van der Waals surface area contributed by atoms with Crippen LogP contribution < -0.4 is 0 Å². The highest BCUT2D eigenvalue weighted by atomic mass is 19.1. The number of likely N-dealkylation sites (tertiary alicyclic amines) is 1. The van der Waals surface area contributed by atoms with Gasteiger partial charge in [0.1, 0.15) is 23.9 Å². The molecule has 0 N–H and O–H groups in total. The number of esters is 1. The Morgan fingerprint density at radius 3 is 2.50 bits per heavy atom. The first-order chi connectivity index (χ1) is 11.1. The Labute approximate surface area is 141 Å². The Kier molecular flexibility index (Phi) is 5.16. The molecule has 0 aromatic heterocycles. The number of hydrogen-bond donors (Lipinski definition) is 0. The van der Waals surface area contributed by atoms with Crippen molar-refractivity contribution < 1.29 is 23.5 Å². The molecule has 6 heteroatoms. The topological polar surface area (TPSA) is 55.8 Å². The Balaban J connectivity index is 2.09. The van der Waals surface area contributed by atoms with Crippen LogP contribution in [0, 0.1) is 0 Å². The van der Waals surface area contributed by atoms with Crippen LogP contribution in [-0.2, 0) is 20.9 Å². The lowest BCUT2D eigenvalue weighted by atomic mass is 9.99. The molecule has 1 fully saturated rings. The molecule has 132 valence electrons. The number of hydrogen-bond acceptors (Lipinski definition) is 4. The third-order valence-electron chi connectivity index (χ3n) is 3.86. The van der Waals surface area contributed by atoms with Crippen molar-refractivity contribution >= 4 is 12.1 Å². The van der Waals surface area contributed by atoms with Gasteiger partial charge in [-0.3, -0.25) is 4.90 Å². The summed E-state index contributed by atoms with van der Waals surface area (Å²) in [6.45, 7) is 6.58. The maximum Gasteiger partial charge on any atom is 0.411 e. The maximum atomic E-state index is 13.9. The van der Waals surface area contributed by atoms with Gasteiger partial charge in [-0.15, -0.1) is 0 Å². The summed E-state index contributed by atoms with van der Waals surface area (Å²) in [7, 11) is 0. The standard InChI is InChI=1S/C18H24FNO4/c1-17(2,3)24-16(22)20-11-14(19)10-18(20,4)15(21)23-12-13-8-6-5-7-9-13/h5-9,14H,10-12H2,1-4H3/t14-,18-/m0/s1. The summed E-state index contributed by atoms with van der Waals surface area (Å²) < 4.78 is 24.5. The average Bonchev–Trinajstić information content (AvgIpc) is 2.80. The number of amides is 1. The highest BCUT2D eigenvalue weighted by Gasteiger charge is 2.52. The average molecular weight is 337 g/mol. The van der Waals surface area contributed by atoms with Gasteiger partial charge in [-0.1, -0.05) is 30.3 Å². The normalized spacial score (nSPS) is 23.9. The molecule has 2 rings (SSSR count). The van der Waals surface area contributed by atoms with Crippen molar-refractivity contribution in [1.82, 2.24) is 4.90 Å². The molecule has 1 heterocycles. The van der Waals surface area contributed by atoms with E-state index >= 15 is 0 Å². The second kappa shape index (κ2) is 6.79.